The number of nitro benzene ring substituents is 1. The Hall–Kier alpha value is -3.68. The number of ether oxygens (including phenoxy) is 1. The molecule has 1 aliphatic rings. The summed E-state index contributed by atoms with van der Waals surface area (Å²) in [5.41, 5.74) is 2.35. The van der Waals surface area contributed by atoms with Gasteiger partial charge < -0.3 is 10.1 Å². The highest BCUT2D eigenvalue weighted by atomic mass is 16.6. The summed E-state index contributed by atoms with van der Waals surface area (Å²) in [5, 5.41) is 18.1. The third kappa shape index (κ3) is 3.44. The predicted octanol–water partition coefficient (Wildman–Crippen LogP) is 3.28. The zero-order chi connectivity index (χ0) is 19.7. The van der Waals surface area contributed by atoms with Crippen molar-refractivity contribution in [3.8, 4) is 11.4 Å². The maximum absolute atomic E-state index is 12.8. The van der Waals surface area contributed by atoms with Gasteiger partial charge in [0.05, 0.1) is 22.2 Å². The number of para-hydroxylation sites is 1. The van der Waals surface area contributed by atoms with Gasteiger partial charge in [0.1, 0.15) is 18.2 Å². The van der Waals surface area contributed by atoms with Gasteiger partial charge in [0.2, 0.25) is 5.91 Å². The van der Waals surface area contributed by atoms with Crippen LogP contribution in [0.2, 0.25) is 0 Å². The van der Waals surface area contributed by atoms with E-state index in [1.807, 2.05) is 31.2 Å². The van der Waals surface area contributed by atoms with E-state index in [-0.39, 0.29) is 17.5 Å². The van der Waals surface area contributed by atoms with Crippen LogP contribution in [0.25, 0.3) is 5.69 Å². The molecule has 0 spiro atoms. The molecule has 0 radical (unpaired) electrons. The third-order valence-corrected chi connectivity index (χ3v) is 4.64. The molecule has 142 valence electrons. The maximum Gasteiger partial charge on any atom is 0.269 e. The first-order valence-electron chi connectivity index (χ1n) is 8.84. The van der Waals surface area contributed by atoms with E-state index in [2.05, 4.69) is 10.4 Å². The molecular weight excluding hydrogens is 360 g/mol. The van der Waals surface area contributed by atoms with E-state index in [0.29, 0.717) is 24.5 Å². The number of rotatable bonds is 4. The highest BCUT2D eigenvalue weighted by Gasteiger charge is 2.26. The summed E-state index contributed by atoms with van der Waals surface area (Å²) in [6.07, 6.45) is 0.604. The van der Waals surface area contributed by atoms with E-state index in [4.69, 9.17) is 4.74 Å². The van der Waals surface area contributed by atoms with Gasteiger partial charge in [-0.15, -0.1) is 0 Å². The maximum atomic E-state index is 12.8. The van der Waals surface area contributed by atoms with Gasteiger partial charge in [0, 0.05) is 18.2 Å². The molecule has 3 aromatic rings. The molecule has 4 rings (SSSR count). The fourth-order valence-corrected chi connectivity index (χ4v) is 3.23. The van der Waals surface area contributed by atoms with Crippen LogP contribution in [0, 0.1) is 23.0 Å². The quantitative estimate of drug-likeness (QED) is 0.555. The number of nitrogens with zero attached hydrogens (tertiary/aromatic N) is 3. The van der Waals surface area contributed by atoms with Gasteiger partial charge in [-0.3, -0.25) is 14.9 Å². The van der Waals surface area contributed by atoms with Crippen LogP contribution in [0.3, 0.4) is 0 Å². The van der Waals surface area contributed by atoms with Crippen LogP contribution in [-0.4, -0.2) is 27.2 Å². The molecule has 1 aliphatic heterocycles. The van der Waals surface area contributed by atoms with Crippen LogP contribution in [0.15, 0.2) is 54.6 Å². The van der Waals surface area contributed by atoms with Crippen LogP contribution in [-0.2, 0) is 11.2 Å². The monoisotopic (exact) mass is 378 g/mol. The average Bonchev–Trinajstić information content (AvgIpc) is 3.07. The molecule has 1 atom stereocenters. The Morgan fingerprint density at radius 3 is 2.75 bits per heavy atom. The number of hydrogen-bond donors (Lipinski definition) is 1. The number of nitrogens with one attached hydrogen (secondary N) is 1. The van der Waals surface area contributed by atoms with Gasteiger partial charge in [0.25, 0.3) is 5.69 Å². The Bertz CT molecular complexity index is 1040. The van der Waals surface area contributed by atoms with Crippen molar-refractivity contribution in [2.24, 2.45) is 5.92 Å². The van der Waals surface area contributed by atoms with Crippen molar-refractivity contribution >= 4 is 17.4 Å². The SMILES string of the molecule is Cc1cc(NC(=O)C2COc3ccccc3C2)n(-c2ccc([N+](=O)[O-])cc2)n1. The molecular formula is C20H18N4O4. The second-order valence-electron chi connectivity index (χ2n) is 6.67. The first-order valence-corrected chi connectivity index (χ1v) is 8.84. The summed E-state index contributed by atoms with van der Waals surface area (Å²) in [7, 11) is 0. The van der Waals surface area contributed by atoms with Gasteiger partial charge in [-0.1, -0.05) is 18.2 Å². The van der Waals surface area contributed by atoms with Crippen molar-refractivity contribution in [2.75, 3.05) is 11.9 Å². The van der Waals surface area contributed by atoms with Crippen molar-refractivity contribution in [3.63, 3.8) is 0 Å². The summed E-state index contributed by atoms with van der Waals surface area (Å²) < 4.78 is 7.27. The first-order chi connectivity index (χ1) is 13.5. The van der Waals surface area contributed by atoms with Crippen molar-refractivity contribution in [1.82, 2.24) is 9.78 Å². The fraction of sp³-hybridized carbons (Fsp3) is 0.200. The number of non-ortho nitro benzene ring substituents is 1. The molecule has 0 aliphatic carbocycles. The molecule has 0 saturated heterocycles. The number of amides is 1. The Morgan fingerprint density at radius 1 is 1.25 bits per heavy atom. The summed E-state index contributed by atoms with van der Waals surface area (Å²) >= 11 is 0. The predicted molar refractivity (Wildman–Crippen MR) is 103 cm³/mol. The smallest absolute Gasteiger partial charge is 0.269 e. The summed E-state index contributed by atoms with van der Waals surface area (Å²) in [6.45, 7) is 2.13. The summed E-state index contributed by atoms with van der Waals surface area (Å²) in [5.74, 6) is 0.863. The molecule has 1 N–H and O–H groups in total. The zero-order valence-electron chi connectivity index (χ0n) is 15.2. The molecule has 0 bridgehead atoms. The minimum absolute atomic E-state index is 0.00349. The normalized spacial score (nSPS) is 15.4. The molecule has 1 unspecified atom stereocenters. The fourth-order valence-electron chi connectivity index (χ4n) is 3.23. The van der Waals surface area contributed by atoms with Crippen LogP contribution in [0.4, 0.5) is 11.5 Å². The van der Waals surface area contributed by atoms with E-state index in [1.54, 1.807) is 22.9 Å². The molecule has 1 aromatic heterocycles. The van der Waals surface area contributed by atoms with Crippen molar-refractivity contribution < 1.29 is 14.5 Å². The van der Waals surface area contributed by atoms with Gasteiger partial charge in [0.15, 0.2) is 0 Å². The molecule has 0 fully saturated rings. The number of carbonyl (C=O) groups excluding carboxylic acids is 1. The van der Waals surface area contributed by atoms with E-state index < -0.39 is 4.92 Å². The highest BCUT2D eigenvalue weighted by Crippen LogP contribution is 2.28. The van der Waals surface area contributed by atoms with Crippen LogP contribution >= 0.6 is 0 Å². The van der Waals surface area contributed by atoms with Crippen LogP contribution in [0.5, 0.6) is 5.75 Å². The number of benzene rings is 2. The van der Waals surface area contributed by atoms with Gasteiger partial charge in [-0.05, 0) is 37.1 Å². The Morgan fingerprint density at radius 2 is 2.00 bits per heavy atom. The minimum atomic E-state index is -0.457. The van der Waals surface area contributed by atoms with Crippen LogP contribution in [0.1, 0.15) is 11.3 Å². The van der Waals surface area contributed by atoms with Crippen molar-refractivity contribution in [2.45, 2.75) is 13.3 Å². The number of hydrogen-bond acceptors (Lipinski definition) is 5. The number of carbonyl (C=O) groups is 1. The largest absolute Gasteiger partial charge is 0.492 e. The number of fused-ring (bicyclic) bond motifs is 1. The van der Waals surface area contributed by atoms with Gasteiger partial charge in [-0.2, -0.15) is 5.10 Å². The van der Waals surface area contributed by atoms with Crippen LogP contribution < -0.4 is 10.1 Å². The van der Waals surface area contributed by atoms with E-state index >= 15 is 0 Å². The van der Waals surface area contributed by atoms with Crippen molar-refractivity contribution in [3.05, 3.63) is 76.0 Å². The summed E-state index contributed by atoms with van der Waals surface area (Å²) in [6, 6.07) is 15.5. The lowest BCUT2D eigenvalue weighted by Gasteiger charge is -2.24. The summed E-state index contributed by atoms with van der Waals surface area (Å²) in [4.78, 5) is 23.2. The lowest BCUT2D eigenvalue weighted by molar-refractivity contribution is -0.384. The number of anilines is 1. The molecule has 1 amide bonds. The van der Waals surface area contributed by atoms with E-state index in [0.717, 1.165) is 17.0 Å². The molecule has 2 heterocycles. The second kappa shape index (κ2) is 7.15. The Balaban J connectivity index is 1.54. The first kappa shape index (κ1) is 17.7. The molecule has 2 aromatic carbocycles. The van der Waals surface area contributed by atoms with Crippen molar-refractivity contribution in [1.29, 1.82) is 0 Å². The number of nitro groups is 1. The third-order valence-electron chi connectivity index (χ3n) is 4.64. The number of aromatic nitrogens is 2. The topological polar surface area (TPSA) is 99.3 Å². The Labute approximate surface area is 160 Å². The highest BCUT2D eigenvalue weighted by molar-refractivity contribution is 5.92. The lowest BCUT2D eigenvalue weighted by atomic mass is 9.96. The van der Waals surface area contributed by atoms with E-state index in [9.17, 15) is 14.9 Å². The molecule has 0 saturated carbocycles. The number of aryl methyl sites for hydroxylation is 1. The average molecular weight is 378 g/mol. The lowest BCUT2D eigenvalue weighted by Crippen LogP contribution is -2.33. The minimum Gasteiger partial charge on any atom is -0.492 e. The zero-order valence-corrected chi connectivity index (χ0v) is 15.2. The molecule has 8 nitrogen and oxygen atoms in total. The van der Waals surface area contributed by atoms with Gasteiger partial charge in [-0.25, -0.2) is 4.68 Å². The second-order valence-corrected chi connectivity index (χ2v) is 6.67. The van der Waals surface area contributed by atoms with Gasteiger partial charge >= 0.3 is 0 Å². The molecule has 28 heavy (non-hydrogen) atoms. The van der Waals surface area contributed by atoms with E-state index in [1.165, 1.54) is 12.1 Å². The molecule has 8 heteroatoms. The Kier molecular flexibility index (Phi) is 4.52. The standard InChI is InChI=1S/C20H18N4O4/c1-13-10-19(23(22-13)16-6-8-17(9-7-16)24(26)27)21-20(25)15-11-14-4-2-3-5-18(14)28-12-15/h2-10,15H,11-12H2,1H3,(H,21,25).